The quantitative estimate of drug-likeness (QED) is 0.765. The molecule has 2 N–H and O–H groups in total. The summed E-state index contributed by atoms with van der Waals surface area (Å²) >= 11 is 0. The summed E-state index contributed by atoms with van der Waals surface area (Å²) in [5.74, 6) is 1.96. The summed E-state index contributed by atoms with van der Waals surface area (Å²) in [6, 6.07) is 16.6. The van der Waals surface area contributed by atoms with Crippen molar-refractivity contribution in [1.29, 1.82) is 0 Å². The van der Waals surface area contributed by atoms with E-state index in [1.54, 1.807) is 7.11 Å². The monoisotopic (exact) mass is 360 g/mol. The van der Waals surface area contributed by atoms with Gasteiger partial charge < -0.3 is 15.4 Å². The molecule has 2 heterocycles. The fourth-order valence-electron chi connectivity index (χ4n) is 3.63. The summed E-state index contributed by atoms with van der Waals surface area (Å²) in [4.78, 5) is 11.3. The number of anilines is 2. The average Bonchev–Trinajstić information content (AvgIpc) is 2.89. The Hall–Kier alpha value is -3.08. The van der Waals surface area contributed by atoms with Crippen LogP contribution in [-0.2, 0) is 13.0 Å². The number of aromatic nitrogens is 2. The molecule has 138 valence electrons. The van der Waals surface area contributed by atoms with Gasteiger partial charge in [0.1, 0.15) is 11.6 Å². The van der Waals surface area contributed by atoms with Crippen molar-refractivity contribution in [3.63, 3.8) is 0 Å². The number of benzene rings is 2. The molecule has 0 saturated carbocycles. The van der Waals surface area contributed by atoms with Gasteiger partial charge in [-0.15, -0.1) is 0 Å². The zero-order valence-corrected chi connectivity index (χ0v) is 15.8. The Morgan fingerprint density at radius 3 is 2.78 bits per heavy atom. The minimum atomic E-state index is 0.291. The maximum absolute atomic E-state index is 6.05. The number of ether oxygens (including phenoxy) is 1. The molecule has 27 heavy (non-hydrogen) atoms. The third-order valence-electron chi connectivity index (χ3n) is 5.02. The highest BCUT2D eigenvalue weighted by atomic mass is 16.5. The van der Waals surface area contributed by atoms with Gasteiger partial charge in [-0.3, -0.25) is 0 Å². The summed E-state index contributed by atoms with van der Waals surface area (Å²) in [5.41, 5.74) is 11.9. The molecule has 0 saturated heterocycles. The van der Waals surface area contributed by atoms with Gasteiger partial charge in [0.2, 0.25) is 5.95 Å². The van der Waals surface area contributed by atoms with Crippen LogP contribution in [0.3, 0.4) is 0 Å². The van der Waals surface area contributed by atoms with Crippen molar-refractivity contribution in [2.75, 3.05) is 24.3 Å². The molecule has 4 rings (SSSR count). The number of nitrogen functional groups attached to an aromatic ring is 1. The van der Waals surface area contributed by atoms with E-state index in [1.807, 2.05) is 30.3 Å². The van der Waals surface area contributed by atoms with Crippen LogP contribution in [0, 0.1) is 6.92 Å². The van der Waals surface area contributed by atoms with Crippen LogP contribution in [-0.4, -0.2) is 23.6 Å². The smallest absolute Gasteiger partial charge is 0.222 e. The number of methoxy groups -OCH3 is 1. The third kappa shape index (κ3) is 3.72. The van der Waals surface area contributed by atoms with E-state index in [0.717, 1.165) is 48.8 Å². The van der Waals surface area contributed by atoms with E-state index in [-0.39, 0.29) is 0 Å². The molecular formula is C22H24N4O. The van der Waals surface area contributed by atoms with E-state index in [9.17, 15) is 0 Å². The standard InChI is InChI=1S/C22H24N4O/c1-15-8-9-16-6-4-10-26(14-18(16)11-15)21-13-20(24-22(23)25-21)17-5-3-7-19(12-17)27-2/h3,5,7-9,11-13H,4,6,10,14H2,1-2H3,(H2,23,24,25). The van der Waals surface area contributed by atoms with E-state index in [1.165, 1.54) is 16.7 Å². The predicted molar refractivity (Wildman–Crippen MR) is 109 cm³/mol. The van der Waals surface area contributed by atoms with Crippen molar-refractivity contribution in [2.24, 2.45) is 0 Å². The van der Waals surface area contributed by atoms with E-state index in [4.69, 9.17) is 10.5 Å². The largest absolute Gasteiger partial charge is 0.497 e. The van der Waals surface area contributed by atoms with Crippen molar-refractivity contribution in [1.82, 2.24) is 9.97 Å². The van der Waals surface area contributed by atoms with Crippen LogP contribution in [0.15, 0.2) is 48.5 Å². The number of aryl methyl sites for hydroxylation is 2. The van der Waals surface area contributed by atoms with Gasteiger partial charge >= 0.3 is 0 Å². The molecule has 5 nitrogen and oxygen atoms in total. The molecule has 1 aliphatic heterocycles. The predicted octanol–water partition coefficient (Wildman–Crippen LogP) is 4.00. The van der Waals surface area contributed by atoms with Crippen LogP contribution >= 0.6 is 0 Å². The molecule has 5 heteroatoms. The Morgan fingerprint density at radius 2 is 1.93 bits per heavy atom. The van der Waals surface area contributed by atoms with Crippen LogP contribution in [0.4, 0.5) is 11.8 Å². The number of nitrogens with two attached hydrogens (primary N) is 1. The second-order valence-electron chi connectivity index (χ2n) is 7.00. The number of fused-ring (bicyclic) bond motifs is 1. The fraction of sp³-hybridized carbons (Fsp3) is 0.273. The van der Waals surface area contributed by atoms with Crippen molar-refractivity contribution in [3.05, 3.63) is 65.2 Å². The number of hydrogen-bond acceptors (Lipinski definition) is 5. The van der Waals surface area contributed by atoms with E-state index in [2.05, 4.69) is 40.0 Å². The van der Waals surface area contributed by atoms with Gasteiger partial charge in [-0.05, 0) is 43.0 Å². The first-order valence-corrected chi connectivity index (χ1v) is 9.25. The lowest BCUT2D eigenvalue weighted by Gasteiger charge is -2.23. The Balaban J connectivity index is 1.70. The van der Waals surface area contributed by atoms with Crippen LogP contribution in [0.1, 0.15) is 23.1 Å². The highest BCUT2D eigenvalue weighted by molar-refractivity contribution is 5.66. The minimum Gasteiger partial charge on any atom is -0.497 e. The fourth-order valence-corrected chi connectivity index (χ4v) is 3.63. The zero-order valence-electron chi connectivity index (χ0n) is 15.8. The van der Waals surface area contributed by atoms with Crippen molar-refractivity contribution < 1.29 is 4.74 Å². The molecule has 0 aliphatic carbocycles. The molecular weight excluding hydrogens is 336 g/mol. The SMILES string of the molecule is COc1cccc(-c2cc(N3CCCc4ccc(C)cc4C3)nc(N)n2)c1. The van der Waals surface area contributed by atoms with Gasteiger partial charge in [-0.1, -0.05) is 35.9 Å². The number of hydrogen-bond donors (Lipinski definition) is 1. The lowest BCUT2D eigenvalue weighted by molar-refractivity contribution is 0.415. The molecule has 0 radical (unpaired) electrons. The Bertz CT molecular complexity index is 970. The molecule has 0 bridgehead atoms. The Morgan fingerprint density at radius 1 is 1.04 bits per heavy atom. The number of nitrogens with zero attached hydrogens (tertiary/aromatic N) is 3. The Labute approximate surface area is 159 Å². The minimum absolute atomic E-state index is 0.291. The van der Waals surface area contributed by atoms with Gasteiger partial charge in [0.25, 0.3) is 0 Å². The summed E-state index contributed by atoms with van der Waals surface area (Å²) in [7, 11) is 1.66. The van der Waals surface area contributed by atoms with Gasteiger partial charge in [-0.2, -0.15) is 4.98 Å². The molecule has 3 aromatic rings. The molecule has 0 spiro atoms. The molecule has 0 fully saturated rings. The van der Waals surface area contributed by atoms with Gasteiger partial charge in [-0.25, -0.2) is 4.98 Å². The van der Waals surface area contributed by atoms with E-state index >= 15 is 0 Å². The first-order chi connectivity index (χ1) is 13.1. The van der Waals surface area contributed by atoms with Crippen LogP contribution in [0.5, 0.6) is 5.75 Å². The molecule has 0 unspecified atom stereocenters. The summed E-state index contributed by atoms with van der Waals surface area (Å²) < 4.78 is 5.33. The zero-order chi connectivity index (χ0) is 18.8. The molecule has 0 amide bonds. The third-order valence-corrected chi connectivity index (χ3v) is 5.02. The van der Waals surface area contributed by atoms with Gasteiger partial charge in [0.05, 0.1) is 12.8 Å². The molecule has 1 aromatic heterocycles. The normalized spacial score (nSPS) is 13.8. The molecule has 0 atom stereocenters. The van der Waals surface area contributed by atoms with Gasteiger partial charge in [0, 0.05) is 24.7 Å². The maximum atomic E-state index is 6.05. The summed E-state index contributed by atoms with van der Waals surface area (Å²) in [6.07, 6.45) is 2.18. The first kappa shape index (κ1) is 17.3. The van der Waals surface area contributed by atoms with Crippen LogP contribution in [0.2, 0.25) is 0 Å². The summed E-state index contributed by atoms with van der Waals surface area (Å²) in [6.45, 7) is 3.92. The topological polar surface area (TPSA) is 64.3 Å². The van der Waals surface area contributed by atoms with Crippen molar-refractivity contribution in [2.45, 2.75) is 26.3 Å². The highest BCUT2D eigenvalue weighted by Gasteiger charge is 2.17. The van der Waals surface area contributed by atoms with E-state index in [0.29, 0.717) is 5.95 Å². The van der Waals surface area contributed by atoms with Crippen LogP contribution < -0.4 is 15.4 Å². The van der Waals surface area contributed by atoms with E-state index < -0.39 is 0 Å². The van der Waals surface area contributed by atoms with Crippen LogP contribution in [0.25, 0.3) is 11.3 Å². The molecule has 1 aliphatic rings. The lowest BCUT2D eigenvalue weighted by Crippen LogP contribution is -2.24. The second kappa shape index (κ2) is 7.27. The lowest BCUT2D eigenvalue weighted by atomic mass is 10.0. The van der Waals surface area contributed by atoms with Crippen molar-refractivity contribution in [3.8, 4) is 17.0 Å². The average molecular weight is 360 g/mol. The first-order valence-electron chi connectivity index (χ1n) is 9.25. The Kier molecular flexibility index (Phi) is 4.67. The summed E-state index contributed by atoms with van der Waals surface area (Å²) in [5, 5.41) is 0. The van der Waals surface area contributed by atoms with Crippen molar-refractivity contribution >= 4 is 11.8 Å². The highest BCUT2D eigenvalue weighted by Crippen LogP contribution is 2.28. The number of rotatable bonds is 3. The maximum Gasteiger partial charge on any atom is 0.222 e. The van der Waals surface area contributed by atoms with Gasteiger partial charge in [0.15, 0.2) is 0 Å². The molecule has 2 aromatic carbocycles. The second-order valence-corrected chi connectivity index (χ2v) is 7.00.